The first-order chi connectivity index (χ1) is 10.1. The Labute approximate surface area is 124 Å². The summed E-state index contributed by atoms with van der Waals surface area (Å²) in [6.45, 7) is 0. The van der Waals surface area contributed by atoms with Gasteiger partial charge in [-0.2, -0.15) is 0 Å². The average molecular weight is 306 g/mol. The molecule has 2 N–H and O–H groups in total. The van der Waals surface area contributed by atoms with Gasteiger partial charge >= 0.3 is 5.97 Å². The van der Waals surface area contributed by atoms with Crippen molar-refractivity contribution in [3.8, 4) is 0 Å². The number of thioether (sulfide) groups is 1. The minimum absolute atomic E-state index is 0.0310. The number of carboxylic acid groups (broad SMARTS) is 1. The monoisotopic (exact) mass is 306 g/mol. The van der Waals surface area contributed by atoms with Gasteiger partial charge in [-0.05, 0) is 24.3 Å². The highest BCUT2D eigenvalue weighted by Gasteiger charge is 2.08. The SMILES string of the molecule is O=C(CSc1ccccc1F)Nc1ccc(C(=O)O)cn1. The molecule has 0 saturated heterocycles. The minimum atomic E-state index is -1.09. The van der Waals surface area contributed by atoms with E-state index in [1.165, 1.54) is 18.2 Å². The maximum Gasteiger partial charge on any atom is 0.337 e. The van der Waals surface area contributed by atoms with Crippen LogP contribution in [0.5, 0.6) is 0 Å². The van der Waals surface area contributed by atoms with Gasteiger partial charge < -0.3 is 10.4 Å². The maximum atomic E-state index is 13.4. The third kappa shape index (κ3) is 4.28. The molecule has 2 rings (SSSR count). The Balaban J connectivity index is 1.90. The molecule has 0 unspecified atom stereocenters. The number of hydrogen-bond acceptors (Lipinski definition) is 4. The van der Waals surface area contributed by atoms with E-state index in [1.54, 1.807) is 18.2 Å². The van der Waals surface area contributed by atoms with Crippen molar-refractivity contribution in [2.24, 2.45) is 0 Å². The summed E-state index contributed by atoms with van der Waals surface area (Å²) in [5.41, 5.74) is 0.0359. The molecule has 0 saturated carbocycles. The lowest BCUT2D eigenvalue weighted by Crippen LogP contribution is -2.15. The molecule has 0 bridgehead atoms. The molecular weight excluding hydrogens is 295 g/mol. The van der Waals surface area contributed by atoms with Gasteiger partial charge in [0.05, 0.1) is 11.3 Å². The number of anilines is 1. The molecule has 1 heterocycles. The van der Waals surface area contributed by atoms with Crippen LogP contribution >= 0.6 is 11.8 Å². The minimum Gasteiger partial charge on any atom is -0.478 e. The van der Waals surface area contributed by atoms with E-state index in [0.29, 0.717) is 4.90 Å². The number of aromatic carboxylic acids is 1. The molecule has 1 aromatic heterocycles. The molecule has 1 amide bonds. The van der Waals surface area contributed by atoms with Gasteiger partial charge in [-0.1, -0.05) is 12.1 Å². The van der Waals surface area contributed by atoms with Crippen LogP contribution in [0, 0.1) is 5.82 Å². The Morgan fingerprint density at radius 1 is 1.24 bits per heavy atom. The van der Waals surface area contributed by atoms with Gasteiger partial charge in [-0.15, -0.1) is 11.8 Å². The predicted octanol–water partition coefficient (Wildman–Crippen LogP) is 2.65. The van der Waals surface area contributed by atoms with Crippen LogP contribution in [0.2, 0.25) is 0 Å². The van der Waals surface area contributed by atoms with Gasteiger partial charge in [0, 0.05) is 11.1 Å². The van der Waals surface area contributed by atoms with Crippen LogP contribution in [-0.4, -0.2) is 27.7 Å². The van der Waals surface area contributed by atoms with Crippen molar-refractivity contribution in [1.82, 2.24) is 4.98 Å². The van der Waals surface area contributed by atoms with E-state index in [-0.39, 0.29) is 28.9 Å². The summed E-state index contributed by atoms with van der Waals surface area (Å²) in [7, 11) is 0. The van der Waals surface area contributed by atoms with Crippen LogP contribution in [0.25, 0.3) is 0 Å². The summed E-state index contributed by atoms with van der Waals surface area (Å²) in [5, 5.41) is 11.2. The van der Waals surface area contributed by atoms with Crippen LogP contribution in [0.1, 0.15) is 10.4 Å². The predicted molar refractivity (Wildman–Crippen MR) is 77.0 cm³/mol. The first-order valence-electron chi connectivity index (χ1n) is 5.93. The molecular formula is C14H11FN2O3S. The number of nitrogens with one attached hydrogen (secondary N) is 1. The summed E-state index contributed by atoms with van der Waals surface area (Å²) in [4.78, 5) is 26.6. The second kappa shape index (κ2) is 6.85. The van der Waals surface area contributed by atoms with E-state index < -0.39 is 5.97 Å². The van der Waals surface area contributed by atoms with Crippen molar-refractivity contribution in [3.63, 3.8) is 0 Å². The number of halogens is 1. The summed E-state index contributed by atoms with van der Waals surface area (Å²) >= 11 is 1.07. The summed E-state index contributed by atoms with van der Waals surface area (Å²) in [6, 6.07) is 8.92. The number of amides is 1. The first kappa shape index (κ1) is 15.0. The van der Waals surface area contributed by atoms with Crippen LogP contribution in [0.4, 0.5) is 10.2 Å². The van der Waals surface area contributed by atoms with Gasteiger partial charge in [0.15, 0.2) is 0 Å². The third-order valence-electron chi connectivity index (χ3n) is 2.47. The highest BCUT2D eigenvalue weighted by Crippen LogP contribution is 2.21. The Hall–Kier alpha value is -2.41. The normalized spacial score (nSPS) is 10.1. The Morgan fingerprint density at radius 2 is 2.00 bits per heavy atom. The van der Waals surface area contributed by atoms with Crippen molar-refractivity contribution in [2.75, 3.05) is 11.1 Å². The number of nitrogens with zero attached hydrogens (tertiary/aromatic N) is 1. The van der Waals surface area contributed by atoms with Gasteiger partial charge in [-0.3, -0.25) is 4.79 Å². The van der Waals surface area contributed by atoms with Crippen LogP contribution in [0.3, 0.4) is 0 Å². The highest BCUT2D eigenvalue weighted by molar-refractivity contribution is 8.00. The van der Waals surface area contributed by atoms with Crippen molar-refractivity contribution in [1.29, 1.82) is 0 Å². The van der Waals surface area contributed by atoms with E-state index >= 15 is 0 Å². The molecule has 0 aliphatic rings. The maximum absolute atomic E-state index is 13.4. The zero-order valence-electron chi connectivity index (χ0n) is 10.7. The van der Waals surface area contributed by atoms with Crippen molar-refractivity contribution in [2.45, 2.75) is 4.90 Å². The molecule has 1 aromatic carbocycles. The number of pyridine rings is 1. The molecule has 7 heteroatoms. The number of carbonyl (C=O) groups is 2. The average Bonchev–Trinajstić information content (AvgIpc) is 2.47. The van der Waals surface area contributed by atoms with E-state index in [4.69, 9.17) is 5.11 Å². The van der Waals surface area contributed by atoms with Gasteiger partial charge in [0.2, 0.25) is 5.91 Å². The summed E-state index contributed by atoms with van der Waals surface area (Å²) in [6.07, 6.45) is 1.15. The highest BCUT2D eigenvalue weighted by atomic mass is 32.2. The van der Waals surface area contributed by atoms with Crippen LogP contribution in [0.15, 0.2) is 47.5 Å². The van der Waals surface area contributed by atoms with Gasteiger partial charge in [0.25, 0.3) is 0 Å². The van der Waals surface area contributed by atoms with Crippen molar-refractivity contribution < 1.29 is 19.1 Å². The Morgan fingerprint density at radius 3 is 2.62 bits per heavy atom. The lowest BCUT2D eigenvalue weighted by Gasteiger charge is -2.05. The van der Waals surface area contributed by atoms with Crippen LogP contribution < -0.4 is 5.32 Å². The number of carbonyl (C=O) groups excluding carboxylic acids is 1. The number of carboxylic acids is 1. The van der Waals surface area contributed by atoms with Crippen molar-refractivity contribution >= 4 is 29.5 Å². The zero-order chi connectivity index (χ0) is 15.2. The standard InChI is InChI=1S/C14H11FN2O3S/c15-10-3-1-2-4-11(10)21-8-13(18)17-12-6-5-9(7-16-12)14(19)20/h1-7H,8H2,(H,19,20)(H,16,17,18). The number of benzene rings is 1. The Kier molecular flexibility index (Phi) is 4.89. The fraction of sp³-hybridized carbons (Fsp3) is 0.0714. The van der Waals surface area contributed by atoms with E-state index in [2.05, 4.69) is 10.3 Å². The van der Waals surface area contributed by atoms with E-state index in [9.17, 15) is 14.0 Å². The first-order valence-corrected chi connectivity index (χ1v) is 6.91. The lowest BCUT2D eigenvalue weighted by molar-refractivity contribution is -0.113. The number of rotatable bonds is 5. The molecule has 5 nitrogen and oxygen atoms in total. The summed E-state index contributed by atoms with van der Waals surface area (Å²) < 4.78 is 13.4. The number of hydrogen-bond donors (Lipinski definition) is 2. The Bertz CT molecular complexity index is 662. The fourth-order valence-corrected chi connectivity index (χ4v) is 2.22. The largest absolute Gasteiger partial charge is 0.478 e. The molecule has 0 radical (unpaired) electrons. The summed E-state index contributed by atoms with van der Waals surface area (Å²) in [5.74, 6) is -1.53. The molecule has 0 atom stereocenters. The molecule has 2 aromatic rings. The third-order valence-corrected chi connectivity index (χ3v) is 3.52. The smallest absolute Gasteiger partial charge is 0.337 e. The van der Waals surface area contributed by atoms with E-state index in [0.717, 1.165) is 18.0 Å². The van der Waals surface area contributed by atoms with Gasteiger partial charge in [-0.25, -0.2) is 14.2 Å². The molecule has 0 spiro atoms. The molecule has 0 aliphatic carbocycles. The van der Waals surface area contributed by atoms with E-state index in [1.807, 2.05) is 0 Å². The second-order valence-electron chi connectivity index (χ2n) is 4.00. The fourth-order valence-electron chi connectivity index (χ4n) is 1.48. The quantitative estimate of drug-likeness (QED) is 0.830. The lowest BCUT2D eigenvalue weighted by atomic mass is 10.3. The zero-order valence-corrected chi connectivity index (χ0v) is 11.6. The van der Waals surface area contributed by atoms with Crippen LogP contribution in [-0.2, 0) is 4.79 Å². The van der Waals surface area contributed by atoms with Crippen molar-refractivity contribution in [3.05, 3.63) is 54.0 Å². The molecule has 0 aliphatic heterocycles. The molecule has 0 fully saturated rings. The van der Waals surface area contributed by atoms with Gasteiger partial charge in [0.1, 0.15) is 11.6 Å². The molecule has 21 heavy (non-hydrogen) atoms. The second-order valence-corrected chi connectivity index (χ2v) is 5.02. The molecule has 108 valence electrons. The number of aromatic nitrogens is 1. The topological polar surface area (TPSA) is 79.3 Å².